The van der Waals surface area contributed by atoms with Gasteiger partial charge in [-0.25, -0.2) is 4.18 Å². The summed E-state index contributed by atoms with van der Waals surface area (Å²) < 4.78 is 61.8. The fraction of sp³-hybridized carbons (Fsp3) is 0.125. The summed E-state index contributed by atoms with van der Waals surface area (Å²) in [6, 6.07) is 14.2. The van der Waals surface area contributed by atoms with Crippen molar-refractivity contribution in [3.8, 4) is 0 Å². The zero-order valence-electron chi connectivity index (χ0n) is 13.9. The summed E-state index contributed by atoms with van der Waals surface area (Å²) in [4.78, 5) is 0. The van der Waals surface area contributed by atoms with E-state index in [1.165, 1.54) is 0 Å². The molecule has 12 heteroatoms. The SMILES string of the molecule is O=S(=O)(O)OC1/C(=C2\Nc3ccccc3C2O)Nc2ccccc21.O=S(=O)=O. The summed E-state index contributed by atoms with van der Waals surface area (Å²) >= 11 is 0. The fourth-order valence-electron chi connectivity index (χ4n) is 3.07. The van der Waals surface area contributed by atoms with Crippen molar-refractivity contribution in [1.29, 1.82) is 0 Å². The maximum Gasteiger partial charge on any atom is 0.425 e. The summed E-state index contributed by atoms with van der Waals surface area (Å²) in [6.07, 6.45) is -2.02. The Balaban J connectivity index is 0.000000516. The third kappa shape index (κ3) is 4.21. The maximum atomic E-state index is 11.3. The van der Waals surface area contributed by atoms with Gasteiger partial charge >= 0.3 is 21.0 Å². The largest absolute Gasteiger partial charge is 0.425 e. The monoisotopic (exact) mass is 426 g/mol. The molecule has 148 valence electrons. The highest BCUT2D eigenvalue weighted by Crippen LogP contribution is 2.46. The molecule has 0 fully saturated rings. The van der Waals surface area contributed by atoms with E-state index in [0.29, 0.717) is 28.2 Å². The second-order valence-electron chi connectivity index (χ2n) is 5.76. The lowest BCUT2D eigenvalue weighted by Gasteiger charge is -2.16. The van der Waals surface area contributed by atoms with Gasteiger partial charge in [-0.2, -0.15) is 8.42 Å². The third-order valence-electron chi connectivity index (χ3n) is 4.08. The molecule has 28 heavy (non-hydrogen) atoms. The van der Waals surface area contributed by atoms with Crippen LogP contribution in [-0.4, -0.2) is 30.7 Å². The first kappa shape index (κ1) is 20.0. The van der Waals surface area contributed by atoms with Crippen molar-refractivity contribution < 1.29 is 34.9 Å². The first-order valence-electron chi connectivity index (χ1n) is 7.74. The molecule has 0 saturated carbocycles. The molecule has 0 aliphatic carbocycles. The van der Waals surface area contributed by atoms with E-state index in [2.05, 4.69) is 10.6 Å². The molecule has 0 radical (unpaired) electrons. The summed E-state index contributed by atoms with van der Waals surface area (Å²) in [5.74, 6) is 0. The van der Waals surface area contributed by atoms with Crippen molar-refractivity contribution >= 4 is 32.4 Å². The Hall–Kier alpha value is -2.77. The van der Waals surface area contributed by atoms with Gasteiger partial charge in [0.2, 0.25) is 0 Å². The van der Waals surface area contributed by atoms with Crippen LogP contribution in [-0.2, 0) is 25.2 Å². The van der Waals surface area contributed by atoms with Crippen molar-refractivity contribution in [1.82, 2.24) is 0 Å². The van der Waals surface area contributed by atoms with Gasteiger partial charge in [0.1, 0.15) is 12.2 Å². The fourth-order valence-corrected chi connectivity index (χ4v) is 3.51. The van der Waals surface area contributed by atoms with Gasteiger partial charge in [0.15, 0.2) is 0 Å². The quantitative estimate of drug-likeness (QED) is 0.516. The molecule has 2 aliphatic heterocycles. The first-order chi connectivity index (χ1) is 13.2. The summed E-state index contributed by atoms with van der Waals surface area (Å²) in [6.45, 7) is 0. The molecule has 2 aromatic rings. The molecule has 0 saturated heterocycles. The molecular weight excluding hydrogens is 412 g/mol. The highest BCUT2D eigenvalue weighted by Gasteiger charge is 2.38. The zero-order chi connectivity index (χ0) is 20.5. The van der Waals surface area contributed by atoms with Crippen LogP contribution in [0.4, 0.5) is 11.4 Å². The second kappa shape index (κ2) is 7.69. The molecule has 0 bridgehead atoms. The topological polar surface area (TPSA) is 159 Å². The average molecular weight is 426 g/mol. The van der Waals surface area contributed by atoms with Crippen LogP contribution in [0.1, 0.15) is 23.3 Å². The smallest absolute Gasteiger partial charge is 0.382 e. The Morgan fingerprint density at radius 1 is 0.857 bits per heavy atom. The number of hydrogen-bond acceptors (Lipinski definition) is 9. The van der Waals surface area contributed by atoms with Gasteiger partial charge < -0.3 is 15.7 Å². The molecule has 0 spiro atoms. The van der Waals surface area contributed by atoms with E-state index in [1.54, 1.807) is 36.4 Å². The number of aliphatic hydroxyl groups excluding tert-OH is 1. The van der Waals surface area contributed by atoms with Crippen LogP contribution in [0.2, 0.25) is 0 Å². The summed E-state index contributed by atoms with van der Waals surface area (Å²) in [7, 11) is -7.79. The Morgan fingerprint density at radius 3 is 1.86 bits per heavy atom. The summed E-state index contributed by atoms with van der Waals surface area (Å²) in [5.41, 5.74) is 3.36. The van der Waals surface area contributed by atoms with Gasteiger partial charge in [0, 0.05) is 22.5 Å². The number of para-hydroxylation sites is 2. The van der Waals surface area contributed by atoms with Gasteiger partial charge in [0.05, 0.1) is 11.4 Å². The van der Waals surface area contributed by atoms with Crippen molar-refractivity contribution in [2.75, 3.05) is 10.6 Å². The summed E-state index contributed by atoms with van der Waals surface area (Å²) in [5, 5.41) is 16.7. The molecule has 2 atom stereocenters. The van der Waals surface area contributed by atoms with E-state index in [4.69, 9.17) is 21.4 Å². The van der Waals surface area contributed by atoms with Crippen LogP contribution < -0.4 is 10.6 Å². The second-order valence-corrected chi connectivity index (χ2v) is 7.22. The normalized spacial score (nSPS) is 22.2. The van der Waals surface area contributed by atoms with Gasteiger partial charge in [-0.3, -0.25) is 4.55 Å². The Morgan fingerprint density at radius 2 is 1.32 bits per heavy atom. The van der Waals surface area contributed by atoms with Crippen LogP contribution in [0.15, 0.2) is 59.9 Å². The molecule has 0 aromatic heterocycles. The number of aliphatic hydroxyl groups is 1. The predicted octanol–water partition coefficient (Wildman–Crippen LogP) is 1.34. The molecular formula is C16H14N2O8S2. The van der Waals surface area contributed by atoms with E-state index in [-0.39, 0.29) is 0 Å². The van der Waals surface area contributed by atoms with E-state index in [1.807, 2.05) is 12.1 Å². The van der Waals surface area contributed by atoms with Gasteiger partial charge in [-0.1, -0.05) is 36.4 Å². The molecule has 2 aromatic carbocycles. The lowest BCUT2D eigenvalue weighted by Crippen LogP contribution is -2.16. The van der Waals surface area contributed by atoms with Crippen LogP contribution in [0.3, 0.4) is 0 Å². The lowest BCUT2D eigenvalue weighted by atomic mass is 10.1. The van der Waals surface area contributed by atoms with E-state index < -0.39 is 33.2 Å². The number of hydrogen-bond donors (Lipinski definition) is 4. The van der Waals surface area contributed by atoms with Crippen LogP contribution in [0.25, 0.3) is 0 Å². The van der Waals surface area contributed by atoms with Crippen LogP contribution in [0.5, 0.6) is 0 Å². The minimum Gasteiger partial charge on any atom is -0.382 e. The van der Waals surface area contributed by atoms with Gasteiger partial charge in [-0.15, -0.1) is 12.6 Å². The Bertz CT molecular complexity index is 1150. The number of rotatable bonds is 2. The lowest BCUT2D eigenvalue weighted by molar-refractivity contribution is 0.202. The number of nitrogens with one attached hydrogen (secondary N) is 2. The van der Waals surface area contributed by atoms with Crippen molar-refractivity contribution in [3.05, 3.63) is 71.1 Å². The number of fused-ring (bicyclic) bond motifs is 2. The van der Waals surface area contributed by atoms with Crippen molar-refractivity contribution in [2.24, 2.45) is 0 Å². The van der Waals surface area contributed by atoms with E-state index >= 15 is 0 Å². The molecule has 2 unspecified atom stereocenters. The van der Waals surface area contributed by atoms with Crippen LogP contribution in [0, 0.1) is 0 Å². The van der Waals surface area contributed by atoms with E-state index in [9.17, 15) is 13.5 Å². The molecule has 2 heterocycles. The highest BCUT2D eigenvalue weighted by atomic mass is 32.3. The van der Waals surface area contributed by atoms with Crippen molar-refractivity contribution in [3.63, 3.8) is 0 Å². The van der Waals surface area contributed by atoms with E-state index in [0.717, 1.165) is 5.69 Å². The molecule has 4 rings (SSSR count). The minimum absolute atomic E-state index is 0.345. The predicted molar refractivity (Wildman–Crippen MR) is 97.2 cm³/mol. The standard InChI is InChI=1S/C16H14N2O5S.O3S/c19-15-9-5-1-3-7-11(9)17-13(15)14-16(23-24(20,21)22)10-6-2-4-8-12(10)18-14;1-4(2)3/h1-8,15-19H,(H,20,21,22);/b14-13+;. The minimum atomic E-state index is -4.68. The van der Waals surface area contributed by atoms with Crippen LogP contribution >= 0.6 is 0 Å². The third-order valence-corrected chi connectivity index (χ3v) is 4.52. The van der Waals surface area contributed by atoms with Gasteiger partial charge in [-0.05, 0) is 12.1 Å². The van der Waals surface area contributed by atoms with Crippen molar-refractivity contribution in [2.45, 2.75) is 12.2 Å². The molecule has 0 amide bonds. The molecule has 2 aliphatic rings. The molecule has 10 nitrogen and oxygen atoms in total. The number of anilines is 2. The molecule has 4 N–H and O–H groups in total. The maximum absolute atomic E-state index is 11.3. The first-order valence-corrected chi connectivity index (χ1v) is 10.1. The Labute approximate surface area is 161 Å². The van der Waals surface area contributed by atoms with Gasteiger partial charge in [0.25, 0.3) is 0 Å². The number of benzene rings is 2. The Kier molecular flexibility index (Phi) is 5.49. The highest BCUT2D eigenvalue weighted by molar-refractivity contribution is 7.80. The average Bonchev–Trinajstić information content (AvgIpc) is 3.12. The zero-order valence-corrected chi connectivity index (χ0v) is 15.6.